The third-order valence-electron chi connectivity index (χ3n) is 4.60. The van der Waals surface area contributed by atoms with E-state index in [1.165, 1.54) is 23.0 Å². The highest BCUT2D eigenvalue weighted by molar-refractivity contribution is 7.86. The smallest absolute Gasteiger partial charge is 0.297 e. The summed E-state index contributed by atoms with van der Waals surface area (Å²) in [6, 6.07) is 13.6. The standard InChI is InChI=1S/C23H25ClN2O5S/c1-16-8-10-19(11-9-16)32(28,29)31-15-18-7-5-6-17(12-18)14-30-20-13-25-26(23(2,3)4)22(27)21(20)24/h5-13H,14-15H2,1-4H3. The number of halogens is 1. The predicted octanol–water partition coefficient (Wildman–Crippen LogP) is 4.44. The van der Waals surface area contributed by atoms with Gasteiger partial charge in [-0.3, -0.25) is 8.98 Å². The minimum atomic E-state index is -3.86. The van der Waals surface area contributed by atoms with Gasteiger partial charge in [0.1, 0.15) is 6.61 Å². The van der Waals surface area contributed by atoms with E-state index < -0.39 is 21.2 Å². The lowest BCUT2D eigenvalue weighted by molar-refractivity contribution is 0.290. The Morgan fingerprint density at radius 3 is 2.28 bits per heavy atom. The van der Waals surface area contributed by atoms with Crippen molar-refractivity contribution in [3.05, 3.63) is 86.8 Å². The van der Waals surface area contributed by atoms with Gasteiger partial charge in [-0.1, -0.05) is 53.6 Å². The summed E-state index contributed by atoms with van der Waals surface area (Å²) < 4.78 is 36.9. The van der Waals surface area contributed by atoms with Gasteiger partial charge >= 0.3 is 0 Å². The van der Waals surface area contributed by atoms with E-state index in [0.29, 0.717) is 5.56 Å². The molecule has 32 heavy (non-hydrogen) atoms. The van der Waals surface area contributed by atoms with Gasteiger partial charge in [0.2, 0.25) is 0 Å². The maximum atomic E-state index is 12.4. The van der Waals surface area contributed by atoms with Gasteiger partial charge in [0.05, 0.1) is 23.2 Å². The molecule has 0 fully saturated rings. The van der Waals surface area contributed by atoms with Gasteiger partial charge < -0.3 is 4.74 Å². The second kappa shape index (κ2) is 9.44. The summed E-state index contributed by atoms with van der Waals surface area (Å²) in [5.74, 6) is 0.181. The van der Waals surface area contributed by atoms with Crippen molar-refractivity contribution in [3.8, 4) is 5.75 Å². The number of hydrogen-bond acceptors (Lipinski definition) is 6. The Bertz CT molecular complexity index is 1260. The van der Waals surface area contributed by atoms with Gasteiger partial charge in [-0.15, -0.1) is 0 Å². The molecule has 0 atom stereocenters. The van der Waals surface area contributed by atoms with Crippen LogP contribution in [0.5, 0.6) is 5.75 Å². The predicted molar refractivity (Wildman–Crippen MR) is 122 cm³/mol. The maximum absolute atomic E-state index is 12.4. The molecule has 0 N–H and O–H groups in total. The summed E-state index contributed by atoms with van der Waals surface area (Å²) in [4.78, 5) is 12.5. The summed E-state index contributed by atoms with van der Waals surface area (Å²) in [7, 11) is -3.86. The van der Waals surface area contributed by atoms with Crippen molar-refractivity contribution >= 4 is 21.7 Å². The molecule has 0 radical (unpaired) electrons. The van der Waals surface area contributed by atoms with Crippen LogP contribution in [-0.2, 0) is 33.1 Å². The molecule has 7 nitrogen and oxygen atoms in total. The third-order valence-corrected chi connectivity index (χ3v) is 6.22. The fourth-order valence-electron chi connectivity index (χ4n) is 2.89. The molecule has 2 aromatic carbocycles. The zero-order valence-electron chi connectivity index (χ0n) is 18.3. The molecule has 1 aromatic heterocycles. The van der Waals surface area contributed by atoms with Crippen LogP contribution in [0.4, 0.5) is 0 Å². The molecule has 0 unspecified atom stereocenters. The van der Waals surface area contributed by atoms with Gasteiger partial charge in [-0.25, -0.2) is 4.68 Å². The van der Waals surface area contributed by atoms with E-state index in [-0.39, 0.29) is 28.9 Å². The highest BCUT2D eigenvalue weighted by Gasteiger charge is 2.20. The second-order valence-corrected chi connectivity index (χ2v) is 10.3. The summed E-state index contributed by atoms with van der Waals surface area (Å²) in [6.07, 6.45) is 1.41. The van der Waals surface area contributed by atoms with Crippen molar-refractivity contribution in [1.82, 2.24) is 9.78 Å². The molecule has 0 spiro atoms. The summed E-state index contributed by atoms with van der Waals surface area (Å²) in [5.41, 5.74) is 1.44. The van der Waals surface area contributed by atoms with Crippen molar-refractivity contribution in [2.24, 2.45) is 0 Å². The van der Waals surface area contributed by atoms with Crippen LogP contribution in [0.25, 0.3) is 0 Å². The molecular formula is C23H25ClN2O5S. The first-order valence-electron chi connectivity index (χ1n) is 9.92. The van der Waals surface area contributed by atoms with E-state index in [2.05, 4.69) is 5.10 Å². The van der Waals surface area contributed by atoms with Crippen LogP contribution in [0.2, 0.25) is 5.02 Å². The molecule has 0 aliphatic rings. The average molecular weight is 477 g/mol. The lowest BCUT2D eigenvalue weighted by atomic mass is 10.1. The normalized spacial score (nSPS) is 12.0. The Balaban J connectivity index is 1.68. The molecule has 0 aliphatic carbocycles. The fourth-order valence-corrected chi connectivity index (χ4v) is 3.97. The highest BCUT2D eigenvalue weighted by atomic mass is 35.5. The Morgan fingerprint density at radius 1 is 1.03 bits per heavy atom. The molecule has 3 aromatic rings. The number of aromatic nitrogens is 2. The molecule has 0 saturated heterocycles. The zero-order valence-corrected chi connectivity index (χ0v) is 19.9. The Morgan fingerprint density at radius 2 is 1.66 bits per heavy atom. The lowest BCUT2D eigenvalue weighted by Gasteiger charge is -2.21. The van der Waals surface area contributed by atoms with Crippen LogP contribution in [0.1, 0.15) is 37.5 Å². The summed E-state index contributed by atoms with van der Waals surface area (Å²) in [5, 5.41) is 4.10. The first-order valence-corrected chi connectivity index (χ1v) is 11.7. The van der Waals surface area contributed by atoms with Crippen LogP contribution in [0, 0.1) is 6.92 Å². The van der Waals surface area contributed by atoms with Crippen LogP contribution in [-0.4, -0.2) is 18.2 Å². The van der Waals surface area contributed by atoms with Gasteiger partial charge in [-0.2, -0.15) is 13.5 Å². The number of benzene rings is 2. The largest absolute Gasteiger partial charge is 0.485 e. The molecule has 0 amide bonds. The molecule has 170 valence electrons. The average Bonchev–Trinajstić information content (AvgIpc) is 2.73. The Kier molecular flexibility index (Phi) is 7.07. The summed E-state index contributed by atoms with van der Waals surface area (Å²) in [6.45, 7) is 7.44. The zero-order chi connectivity index (χ0) is 23.5. The molecule has 0 bridgehead atoms. The highest BCUT2D eigenvalue weighted by Crippen LogP contribution is 2.22. The first-order chi connectivity index (χ1) is 15.0. The Labute approximate surface area is 192 Å². The quantitative estimate of drug-likeness (QED) is 0.468. The first kappa shape index (κ1) is 24.0. The van der Waals surface area contributed by atoms with Crippen LogP contribution < -0.4 is 10.3 Å². The van der Waals surface area contributed by atoms with Gasteiger partial charge in [0.15, 0.2) is 10.8 Å². The minimum absolute atomic E-state index is 0.0430. The monoisotopic (exact) mass is 476 g/mol. The maximum Gasteiger partial charge on any atom is 0.297 e. The van der Waals surface area contributed by atoms with E-state index in [4.69, 9.17) is 20.5 Å². The number of rotatable bonds is 7. The number of hydrogen-bond donors (Lipinski definition) is 0. The second-order valence-electron chi connectivity index (χ2n) is 8.35. The van der Waals surface area contributed by atoms with E-state index >= 15 is 0 Å². The fraction of sp³-hybridized carbons (Fsp3) is 0.304. The van der Waals surface area contributed by atoms with E-state index in [1.807, 2.05) is 33.8 Å². The molecular weight excluding hydrogens is 452 g/mol. The van der Waals surface area contributed by atoms with E-state index in [0.717, 1.165) is 11.1 Å². The van der Waals surface area contributed by atoms with Gasteiger partial charge in [-0.05, 0) is 51.0 Å². The Hall–Kier alpha value is -2.68. The molecule has 9 heteroatoms. The molecule has 3 rings (SSSR count). The number of ether oxygens (including phenoxy) is 1. The van der Waals surface area contributed by atoms with Gasteiger partial charge in [0, 0.05) is 0 Å². The lowest BCUT2D eigenvalue weighted by Crippen LogP contribution is -2.36. The minimum Gasteiger partial charge on any atom is -0.485 e. The topological polar surface area (TPSA) is 87.5 Å². The van der Waals surface area contributed by atoms with Crippen LogP contribution in [0.3, 0.4) is 0 Å². The van der Waals surface area contributed by atoms with Crippen LogP contribution in [0.15, 0.2) is 64.4 Å². The van der Waals surface area contributed by atoms with Crippen molar-refractivity contribution < 1.29 is 17.3 Å². The third kappa shape index (κ3) is 5.76. The van der Waals surface area contributed by atoms with Crippen molar-refractivity contribution in [2.45, 2.75) is 51.3 Å². The van der Waals surface area contributed by atoms with Gasteiger partial charge in [0.25, 0.3) is 15.7 Å². The van der Waals surface area contributed by atoms with Crippen LogP contribution >= 0.6 is 11.6 Å². The van der Waals surface area contributed by atoms with E-state index in [1.54, 1.807) is 30.3 Å². The van der Waals surface area contributed by atoms with Crippen molar-refractivity contribution in [3.63, 3.8) is 0 Å². The van der Waals surface area contributed by atoms with Crippen molar-refractivity contribution in [2.75, 3.05) is 0 Å². The number of nitrogens with zero attached hydrogens (tertiary/aromatic N) is 2. The van der Waals surface area contributed by atoms with Crippen molar-refractivity contribution in [1.29, 1.82) is 0 Å². The molecule has 0 saturated carbocycles. The molecule has 1 heterocycles. The van der Waals surface area contributed by atoms with E-state index in [9.17, 15) is 13.2 Å². The SMILES string of the molecule is Cc1ccc(S(=O)(=O)OCc2cccc(COc3cnn(C(C)(C)C)c(=O)c3Cl)c2)cc1. The number of aryl methyl sites for hydroxylation is 1. The molecule has 0 aliphatic heterocycles. The summed E-state index contributed by atoms with van der Waals surface area (Å²) >= 11 is 6.18.